The van der Waals surface area contributed by atoms with Gasteiger partial charge in [-0.25, -0.2) is 0 Å². The van der Waals surface area contributed by atoms with E-state index in [0.717, 1.165) is 27.6 Å². The van der Waals surface area contributed by atoms with E-state index in [9.17, 15) is 5.11 Å². The third kappa shape index (κ3) is 2.79. The summed E-state index contributed by atoms with van der Waals surface area (Å²) in [5.74, 6) is 0. The van der Waals surface area contributed by atoms with Crippen molar-refractivity contribution in [1.29, 1.82) is 0 Å². The fourth-order valence-electron chi connectivity index (χ4n) is 2.55. The molecule has 1 atom stereocenters. The van der Waals surface area contributed by atoms with Gasteiger partial charge in [0.1, 0.15) is 6.10 Å². The van der Waals surface area contributed by atoms with E-state index in [1.165, 1.54) is 0 Å². The molecule has 1 N–H and O–H groups in total. The molecule has 0 aliphatic carbocycles. The van der Waals surface area contributed by atoms with Gasteiger partial charge >= 0.3 is 0 Å². The highest BCUT2D eigenvalue weighted by Crippen LogP contribution is 2.28. The van der Waals surface area contributed by atoms with Crippen molar-refractivity contribution in [2.75, 3.05) is 7.11 Å². The lowest BCUT2D eigenvalue weighted by atomic mass is 9.97. The Balaban J connectivity index is 2.04. The number of methoxy groups -OCH3 is 1. The Bertz CT molecular complexity index is 750. The summed E-state index contributed by atoms with van der Waals surface area (Å²) in [6.45, 7) is 0.536. The number of nitrogens with zero attached hydrogens (tertiary/aromatic N) is 1. The molecule has 0 aliphatic heterocycles. The van der Waals surface area contributed by atoms with E-state index >= 15 is 0 Å². The van der Waals surface area contributed by atoms with Crippen molar-refractivity contribution in [3.05, 3.63) is 77.5 Å². The molecule has 3 rings (SSSR count). The Morgan fingerprint density at radius 2 is 1.90 bits per heavy atom. The van der Waals surface area contributed by atoms with E-state index in [2.05, 4.69) is 4.98 Å². The highest BCUT2D eigenvalue weighted by molar-refractivity contribution is 5.82. The van der Waals surface area contributed by atoms with Gasteiger partial charge in [0.2, 0.25) is 0 Å². The van der Waals surface area contributed by atoms with E-state index in [-0.39, 0.29) is 0 Å². The number of pyridine rings is 1. The van der Waals surface area contributed by atoms with Crippen molar-refractivity contribution < 1.29 is 9.84 Å². The molecule has 3 aromatic rings. The quantitative estimate of drug-likeness (QED) is 0.795. The minimum atomic E-state index is -0.694. The molecular formula is C18H17NO2. The monoisotopic (exact) mass is 279 g/mol. The first-order valence-electron chi connectivity index (χ1n) is 6.89. The second kappa shape index (κ2) is 6.04. The number of fused-ring (bicyclic) bond motifs is 1. The second-order valence-corrected chi connectivity index (χ2v) is 5.00. The van der Waals surface area contributed by atoms with E-state index in [0.29, 0.717) is 6.61 Å². The lowest BCUT2D eigenvalue weighted by Crippen LogP contribution is -2.02. The SMILES string of the molecule is COCc1cccc(C(O)c2cccc3cccnc23)c1. The summed E-state index contributed by atoms with van der Waals surface area (Å²) in [6, 6.07) is 17.6. The van der Waals surface area contributed by atoms with Crippen LogP contribution in [-0.4, -0.2) is 17.2 Å². The molecule has 106 valence electrons. The van der Waals surface area contributed by atoms with E-state index in [4.69, 9.17) is 4.74 Å². The average molecular weight is 279 g/mol. The van der Waals surface area contributed by atoms with Crippen LogP contribution in [0.1, 0.15) is 22.8 Å². The van der Waals surface area contributed by atoms with Gasteiger partial charge in [0.25, 0.3) is 0 Å². The summed E-state index contributed by atoms with van der Waals surface area (Å²) in [5, 5.41) is 11.7. The molecule has 0 bridgehead atoms. The fraction of sp³-hybridized carbons (Fsp3) is 0.167. The maximum Gasteiger partial charge on any atom is 0.106 e. The van der Waals surface area contributed by atoms with Crippen molar-refractivity contribution in [1.82, 2.24) is 4.98 Å². The zero-order chi connectivity index (χ0) is 14.7. The van der Waals surface area contributed by atoms with Crippen LogP contribution >= 0.6 is 0 Å². The summed E-state index contributed by atoms with van der Waals surface area (Å²) >= 11 is 0. The molecule has 0 aliphatic rings. The zero-order valence-electron chi connectivity index (χ0n) is 11.9. The topological polar surface area (TPSA) is 42.4 Å². The predicted octanol–water partition coefficient (Wildman–Crippen LogP) is 3.46. The number of hydrogen-bond acceptors (Lipinski definition) is 3. The van der Waals surface area contributed by atoms with Crippen LogP contribution < -0.4 is 0 Å². The minimum Gasteiger partial charge on any atom is -0.384 e. The summed E-state index contributed by atoms with van der Waals surface area (Å²) in [6.07, 6.45) is 1.06. The van der Waals surface area contributed by atoms with Gasteiger partial charge in [0, 0.05) is 24.3 Å². The highest BCUT2D eigenvalue weighted by atomic mass is 16.5. The van der Waals surface area contributed by atoms with Crippen LogP contribution in [0, 0.1) is 0 Å². The molecule has 0 amide bonds. The standard InChI is InChI=1S/C18H17NO2/c1-21-12-13-5-2-7-15(11-13)18(20)16-9-3-6-14-8-4-10-19-17(14)16/h2-11,18,20H,12H2,1H3. The average Bonchev–Trinajstić information content (AvgIpc) is 2.54. The molecule has 0 radical (unpaired) electrons. The van der Waals surface area contributed by atoms with Gasteiger partial charge in [0.15, 0.2) is 0 Å². The normalized spacial score (nSPS) is 12.5. The molecule has 3 nitrogen and oxygen atoms in total. The Morgan fingerprint density at radius 3 is 2.76 bits per heavy atom. The molecule has 1 aromatic heterocycles. The smallest absolute Gasteiger partial charge is 0.106 e. The number of aliphatic hydroxyl groups excluding tert-OH is 1. The minimum absolute atomic E-state index is 0.536. The zero-order valence-corrected chi connectivity index (χ0v) is 11.9. The molecule has 0 spiro atoms. The third-order valence-corrected chi connectivity index (χ3v) is 3.54. The summed E-state index contributed by atoms with van der Waals surface area (Å²) in [4.78, 5) is 4.40. The van der Waals surface area contributed by atoms with Crippen LogP contribution in [0.15, 0.2) is 60.8 Å². The van der Waals surface area contributed by atoms with Crippen molar-refractivity contribution in [3.63, 3.8) is 0 Å². The third-order valence-electron chi connectivity index (χ3n) is 3.54. The van der Waals surface area contributed by atoms with E-state index in [1.54, 1.807) is 13.3 Å². The highest BCUT2D eigenvalue weighted by Gasteiger charge is 2.14. The molecular weight excluding hydrogens is 262 g/mol. The Morgan fingerprint density at radius 1 is 1.10 bits per heavy atom. The summed E-state index contributed by atoms with van der Waals surface area (Å²) in [5.41, 5.74) is 3.55. The van der Waals surface area contributed by atoms with Gasteiger partial charge in [-0.3, -0.25) is 4.98 Å². The van der Waals surface area contributed by atoms with Crippen molar-refractivity contribution in [3.8, 4) is 0 Å². The Kier molecular flexibility index (Phi) is 3.95. The number of aliphatic hydroxyl groups is 1. The number of para-hydroxylation sites is 1. The first-order chi connectivity index (χ1) is 10.3. The van der Waals surface area contributed by atoms with Crippen molar-refractivity contribution in [2.24, 2.45) is 0 Å². The van der Waals surface area contributed by atoms with Gasteiger partial charge in [-0.1, -0.05) is 48.5 Å². The van der Waals surface area contributed by atoms with Crippen LogP contribution in [0.4, 0.5) is 0 Å². The molecule has 21 heavy (non-hydrogen) atoms. The van der Waals surface area contributed by atoms with E-state index in [1.807, 2.05) is 54.6 Å². The number of benzene rings is 2. The van der Waals surface area contributed by atoms with Gasteiger partial charge in [-0.15, -0.1) is 0 Å². The molecule has 3 heteroatoms. The van der Waals surface area contributed by atoms with Gasteiger partial charge < -0.3 is 9.84 Å². The molecule has 2 aromatic carbocycles. The summed E-state index contributed by atoms with van der Waals surface area (Å²) in [7, 11) is 1.66. The maximum absolute atomic E-state index is 10.7. The number of hydrogen-bond donors (Lipinski definition) is 1. The van der Waals surface area contributed by atoms with Gasteiger partial charge in [-0.05, 0) is 17.2 Å². The van der Waals surface area contributed by atoms with Crippen molar-refractivity contribution in [2.45, 2.75) is 12.7 Å². The largest absolute Gasteiger partial charge is 0.384 e. The van der Waals surface area contributed by atoms with Gasteiger partial charge in [0.05, 0.1) is 12.1 Å². The molecule has 1 unspecified atom stereocenters. The number of ether oxygens (including phenoxy) is 1. The van der Waals surface area contributed by atoms with Crippen LogP contribution in [0.25, 0.3) is 10.9 Å². The maximum atomic E-state index is 10.7. The van der Waals surface area contributed by atoms with Crippen LogP contribution in [0.5, 0.6) is 0 Å². The van der Waals surface area contributed by atoms with E-state index < -0.39 is 6.10 Å². The Labute approximate surface area is 123 Å². The number of aromatic nitrogens is 1. The molecule has 0 saturated carbocycles. The van der Waals surface area contributed by atoms with Crippen molar-refractivity contribution >= 4 is 10.9 Å². The molecule has 0 fully saturated rings. The van der Waals surface area contributed by atoms with Crippen LogP contribution in [0.2, 0.25) is 0 Å². The lowest BCUT2D eigenvalue weighted by molar-refractivity contribution is 0.184. The van der Waals surface area contributed by atoms with Crippen LogP contribution in [-0.2, 0) is 11.3 Å². The molecule has 0 saturated heterocycles. The summed E-state index contributed by atoms with van der Waals surface area (Å²) < 4.78 is 5.14. The molecule has 1 heterocycles. The second-order valence-electron chi connectivity index (χ2n) is 5.00. The Hall–Kier alpha value is -2.23. The first kappa shape index (κ1) is 13.7. The fourth-order valence-corrected chi connectivity index (χ4v) is 2.55. The van der Waals surface area contributed by atoms with Gasteiger partial charge in [-0.2, -0.15) is 0 Å². The van der Waals surface area contributed by atoms with Crippen LogP contribution in [0.3, 0.4) is 0 Å². The first-order valence-corrected chi connectivity index (χ1v) is 6.89. The lowest BCUT2D eigenvalue weighted by Gasteiger charge is -2.14. The predicted molar refractivity (Wildman–Crippen MR) is 83.0 cm³/mol. The number of rotatable bonds is 4.